The van der Waals surface area contributed by atoms with Crippen LogP contribution in [0.25, 0.3) is 11.3 Å². The third-order valence-corrected chi connectivity index (χ3v) is 3.22. The lowest BCUT2D eigenvalue weighted by molar-refractivity contribution is 0.452. The normalized spacial score (nSPS) is 9.91. The lowest BCUT2D eigenvalue weighted by Crippen LogP contribution is -1.83. The van der Waals surface area contributed by atoms with Crippen molar-refractivity contribution in [1.29, 1.82) is 0 Å². The average molecular weight is 319 g/mol. The van der Waals surface area contributed by atoms with Crippen LogP contribution in [0, 0.1) is 6.92 Å². The molecule has 0 amide bonds. The highest BCUT2D eigenvalue weighted by Crippen LogP contribution is 2.37. The van der Waals surface area contributed by atoms with Crippen molar-refractivity contribution in [2.45, 2.75) is 6.92 Å². The summed E-state index contributed by atoms with van der Waals surface area (Å²) in [6.07, 6.45) is 1.65. The van der Waals surface area contributed by atoms with Gasteiger partial charge in [0.1, 0.15) is 17.2 Å². The molecule has 0 aliphatic rings. The number of benzene rings is 2. The van der Waals surface area contributed by atoms with E-state index in [1.807, 2.05) is 13.0 Å². The van der Waals surface area contributed by atoms with Gasteiger partial charge in [-0.15, -0.1) is 0 Å². The maximum Gasteiger partial charge on any atom is 0.137 e. The van der Waals surface area contributed by atoms with Gasteiger partial charge in [-0.2, -0.15) is 5.10 Å². The van der Waals surface area contributed by atoms with E-state index < -0.39 is 0 Å². The van der Waals surface area contributed by atoms with Gasteiger partial charge < -0.3 is 15.3 Å². The second-order valence-electron chi connectivity index (χ2n) is 4.58. The Kier molecular flexibility index (Phi) is 4.91. The molecule has 3 rings (SSSR count). The molecule has 0 fully saturated rings. The molecule has 0 spiro atoms. The van der Waals surface area contributed by atoms with Crippen LogP contribution in [0.3, 0.4) is 0 Å². The molecule has 0 saturated heterocycles. The number of aromatic amines is 1. The van der Waals surface area contributed by atoms with Crippen molar-refractivity contribution in [3.05, 3.63) is 59.2 Å². The quantitative estimate of drug-likeness (QED) is 0.549. The summed E-state index contributed by atoms with van der Waals surface area (Å²) in [4.78, 5) is 0. The van der Waals surface area contributed by atoms with E-state index in [0.717, 1.165) is 5.56 Å². The molecule has 6 heteroatoms. The van der Waals surface area contributed by atoms with Crippen molar-refractivity contribution in [2.75, 3.05) is 0 Å². The van der Waals surface area contributed by atoms with Gasteiger partial charge in [0.15, 0.2) is 0 Å². The molecule has 3 aromatic rings. The summed E-state index contributed by atoms with van der Waals surface area (Å²) in [5.74, 6) is 0.141. The number of phenolic OH excluding ortho intramolecular Hbond substituents is 3. The number of hydrogen-bond acceptors (Lipinski definition) is 4. The predicted octanol–water partition coefficient (Wildman–Crippen LogP) is 3.84. The van der Waals surface area contributed by atoms with E-state index >= 15 is 0 Å². The summed E-state index contributed by atoms with van der Waals surface area (Å²) < 4.78 is 0. The Morgan fingerprint density at radius 2 is 1.68 bits per heavy atom. The van der Waals surface area contributed by atoms with E-state index in [0.29, 0.717) is 17.0 Å². The minimum Gasteiger partial charge on any atom is -0.508 e. The maximum absolute atomic E-state index is 9.65. The zero-order chi connectivity index (χ0) is 16.1. The Hall–Kier alpha value is -2.66. The molecular formula is C16H15ClN2O3. The molecular weight excluding hydrogens is 304 g/mol. The number of aromatic nitrogens is 2. The summed E-state index contributed by atoms with van der Waals surface area (Å²) in [7, 11) is 0. The Bertz CT molecular complexity index is 757. The molecule has 22 heavy (non-hydrogen) atoms. The largest absolute Gasteiger partial charge is 0.508 e. The molecule has 0 atom stereocenters. The van der Waals surface area contributed by atoms with Crippen molar-refractivity contribution in [3.63, 3.8) is 0 Å². The van der Waals surface area contributed by atoms with Crippen molar-refractivity contribution in [3.8, 4) is 28.5 Å². The van der Waals surface area contributed by atoms with E-state index in [9.17, 15) is 10.2 Å². The van der Waals surface area contributed by atoms with E-state index in [2.05, 4.69) is 10.2 Å². The number of nitrogens with one attached hydrogen (secondary N) is 1. The third kappa shape index (κ3) is 3.71. The van der Waals surface area contributed by atoms with Gasteiger partial charge in [0.2, 0.25) is 0 Å². The van der Waals surface area contributed by atoms with Crippen LogP contribution in [0.4, 0.5) is 0 Å². The average Bonchev–Trinajstić information content (AvgIpc) is 2.90. The Labute approximate surface area is 132 Å². The molecule has 5 nitrogen and oxygen atoms in total. The van der Waals surface area contributed by atoms with Gasteiger partial charge in [0.05, 0.1) is 16.9 Å². The number of H-pyrrole nitrogens is 1. The smallest absolute Gasteiger partial charge is 0.137 e. The van der Waals surface area contributed by atoms with Crippen molar-refractivity contribution >= 4 is 11.6 Å². The predicted molar refractivity (Wildman–Crippen MR) is 85.2 cm³/mol. The zero-order valence-corrected chi connectivity index (χ0v) is 12.5. The Balaban J connectivity index is 0.000000211. The summed E-state index contributed by atoms with van der Waals surface area (Å²) >= 11 is 5.76. The van der Waals surface area contributed by atoms with Crippen LogP contribution in [0.5, 0.6) is 17.2 Å². The van der Waals surface area contributed by atoms with Crippen LogP contribution in [0.1, 0.15) is 5.56 Å². The number of nitrogens with zero attached hydrogens (tertiary/aromatic N) is 1. The van der Waals surface area contributed by atoms with Crippen LogP contribution in [-0.2, 0) is 0 Å². The molecule has 1 aromatic heterocycles. The molecule has 0 unspecified atom stereocenters. The summed E-state index contributed by atoms with van der Waals surface area (Å²) in [6, 6.07) is 11.4. The lowest BCUT2D eigenvalue weighted by atomic mass is 10.1. The van der Waals surface area contributed by atoms with Gasteiger partial charge in [0.25, 0.3) is 0 Å². The van der Waals surface area contributed by atoms with Crippen LogP contribution in [0.2, 0.25) is 5.02 Å². The lowest BCUT2D eigenvalue weighted by Gasteiger charge is -2.05. The molecule has 0 aliphatic carbocycles. The first-order valence-electron chi connectivity index (χ1n) is 6.45. The number of aromatic hydroxyl groups is 3. The third-order valence-electron chi connectivity index (χ3n) is 2.92. The molecule has 0 aliphatic heterocycles. The topological polar surface area (TPSA) is 89.4 Å². The van der Waals surface area contributed by atoms with Gasteiger partial charge in [-0.25, -0.2) is 0 Å². The molecule has 1 heterocycles. The number of para-hydroxylation sites is 1. The first-order valence-corrected chi connectivity index (χ1v) is 6.82. The number of phenols is 3. The zero-order valence-electron chi connectivity index (χ0n) is 11.8. The van der Waals surface area contributed by atoms with Gasteiger partial charge in [0, 0.05) is 11.6 Å². The number of aryl methyl sites for hydroxylation is 1. The van der Waals surface area contributed by atoms with E-state index in [-0.39, 0.29) is 16.5 Å². The molecule has 114 valence electrons. The van der Waals surface area contributed by atoms with Gasteiger partial charge >= 0.3 is 0 Å². The van der Waals surface area contributed by atoms with Gasteiger partial charge in [-0.3, -0.25) is 5.10 Å². The number of rotatable bonds is 1. The number of halogens is 1. The summed E-state index contributed by atoms with van der Waals surface area (Å²) in [6.45, 7) is 1.86. The second-order valence-corrected chi connectivity index (χ2v) is 4.99. The van der Waals surface area contributed by atoms with E-state index in [1.165, 1.54) is 12.1 Å². The molecule has 4 N–H and O–H groups in total. The molecule has 0 radical (unpaired) electrons. The van der Waals surface area contributed by atoms with Crippen LogP contribution in [-0.4, -0.2) is 25.5 Å². The SMILES string of the molecule is Cc1cn[nH]c1-c1cc(Cl)c(O)cc1O.Oc1ccccc1. The van der Waals surface area contributed by atoms with Crippen molar-refractivity contribution in [2.24, 2.45) is 0 Å². The van der Waals surface area contributed by atoms with Crippen LogP contribution < -0.4 is 0 Å². The first kappa shape index (κ1) is 15.7. The van der Waals surface area contributed by atoms with Gasteiger partial charge in [-0.05, 0) is 30.7 Å². The minimum atomic E-state index is -0.143. The minimum absolute atomic E-state index is 0.0377. The molecule has 2 aromatic carbocycles. The van der Waals surface area contributed by atoms with E-state index in [4.69, 9.17) is 16.7 Å². The van der Waals surface area contributed by atoms with Gasteiger partial charge in [-0.1, -0.05) is 29.8 Å². The highest BCUT2D eigenvalue weighted by molar-refractivity contribution is 6.32. The monoisotopic (exact) mass is 318 g/mol. The Morgan fingerprint density at radius 3 is 2.18 bits per heavy atom. The molecule has 0 saturated carbocycles. The standard InChI is InChI=1S/C10H9ClN2O2.C6H6O/c1-5-4-12-13-10(5)6-2-7(11)9(15)3-8(6)14;7-6-4-2-1-3-5-6/h2-4,14-15H,1H3,(H,12,13);1-5,7H. The fourth-order valence-corrected chi connectivity index (χ4v) is 1.96. The molecule has 0 bridgehead atoms. The van der Waals surface area contributed by atoms with Crippen LogP contribution in [0.15, 0.2) is 48.7 Å². The highest BCUT2D eigenvalue weighted by Gasteiger charge is 2.12. The first-order chi connectivity index (χ1) is 10.5. The second kappa shape index (κ2) is 6.87. The summed E-state index contributed by atoms with van der Waals surface area (Å²) in [5.41, 5.74) is 2.11. The number of hydrogen-bond donors (Lipinski definition) is 4. The fourth-order valence-electron chi connectivity index (χ4n) is 1.80. The van der Waals surface area contributed by atoms with Crippen molar-refractivity contribution in [1.82, 2.24) is 10.2 Å². The van der Waals surface area contributed by atoms with Crippen LogP contribution >= 0.6 is 11.6 Å². The Morgan fingerprint density at radius 1 is 1.00 bits per heavy atom. The summed E-state index contributed by atoms with van der Waals surface area (Å²) in [5, 5.41) is 34.4. The van der Waals surface area contributed by atoms with E-state index in [1.54, 1.807) is 30.5 Å². The fraction of sp³-hybridized carbons (Fsp3) is 0.0625. The maximum atomic E-state index is 9.65. The highest BCUT2D eigenvalue weighted by atomic mass is 35.5. The van der Waals surface area contributed by atoms with Crippen molar-refractivity contribution < 1.29 is 15.3 Å².